The Morgan fingerprint density at radius 2 is 1.80 bits per heavy atom. The van der Waals surface area contributed by atoms with Crippen LogP contribution in [0.15, 0.2) is 66.9 Å². The maximum atomic E-state index is 6.71. The molecule has 2 aromatic carbocycles. The summed E-state index contributed by atoms with van der Waals surface area (Å²) in [4.78, 5) is 4.72. The van der Waals surface area contributed by atoms with Crippen molar-refractivity contribution in [2.45, 2.75) is 0 Å². The number of hydrogen-bond donors (Lipinski definition) is 1. The summed E-state index contributed by atoms with van der Waals surface area (Å²) in [6.45, 7) is 1.08. The van der Waals surface area contributed by atoms with E-state index in [2.05, 4.69) is 5.32 Å². The van der Waals surface area contributed by atoms with Crippen LogP contribution in [-0.4, -0.2) is 22.6 Å². The maximum Gasteiger partial charge on any atom is 0.163 e. The third-order valence-corrected chi connectivity index (χ3v) is 5.22. The van der Waals surface area contributed by atoms with Gasteiger partial charge in [-0.05, 0) is 35.9 Å². The molecule has 1 N–H and O–H groups in total. The van der Waals surface area contributed by atoms with Crippen LogP contribution in [0.4, 0.5) is 11.5 Å². The van der Waals surface area contributed by atoms with E-state index in [0.29, 0.717) is 40.5 Å². The highest BCUT2D eigenvalue weighted by Crippen LogP contribution is 2.36. The fourth-order valence-electron chi connectivity index (χ4n) is 3.33. The van der Waals surface area contributed by atoms with Gasteiger partial charge in [0.05, 0.1) is 10.1 Å². The highest BCUT2D eigenvalue weighted by Gasteiger charge is 2.18. The van der Waals surface area contributed by atoms with Crippen molar-refractivity contribution in [3.8, 4) is 11.5 Å². The molecule has 30 heavy (non-hydrogen) atoms. The van der Waals surface area contributed by atoms with Gasteiger partial charge in [-0.1, -0.05) is 53.5 Å². The van der Waals surface area contributed by atoms with E-state index in [1.54, 1.807) is 12.3 Å². The lowest BCUT2D eigenvalue weighted by molar-refractivity contribution is 0.171. The van der Waals surface area contributed by atoms with Crippen molar-refractivity contribution in [2.24, 2.45) is 0 Å². The van der Waals surface area contributed by atoms with Gasteiger partial charge in [-0.25, -0.2) is 4.98 Å². The summed E-state index contributed by atoms with van der Waals surface area (Å²) in [5, 5.41) is 4.53. The smallest absolute Gasteiger partial charge is 0.163 e. The molecule has 3 heterocycles. The standard InChI is InChI=1S/C23H17Cl2N3O2/c24-16-6-9-21-27-22(18(25)12-15-4-2-1-3-5-15)23(28(21)14-16)26-17-7-8-19-20(13-17)30-11-10-29-19/h1-9,12-14,26H,10-11H2. The van der Waals surface area contributed by atoms with E-state index in [0.717, 1.165) is 22.6 Å². The first-order valence-corrected chi connectivity index (χ1v) is 10.2. The van der Waals surface area contributed by atoms with Crippen molar-refractivity contribution in [2.75, 3.05) is 18.5 Å². The Balaban J connectivity index is 1.60. The van der Waals surface area contributed by atoms with Crippen molar-refractivity contribution in [3.05, 3.63) is 83.1 Å². The molecule has 150 valence electrons. The molecular formula is C23H17Cl2N3O2. The van der Waals surface area contributed by atoms with E-state index in [4.69, 9.17) is 37.7 Å². The number of anilines is 2. The number of nitrogens with one attached hydrogen (secondary N) is 1. The van der Waals surface area contributed by atoms with Crippen LogP contribution in [0.1, 0.15) is 11.3 Å². The van der Waals surface area contributed by atoms with Gasteiger partial charge in [0.25, 0.3) is 0 Å². The van der Waals surface area contributed by atoms with E-state index in [-0.39, 0.29) is 0 Å². The number of hydrogen-bond acceptors (Lipinski definition) is 4. The molecule has 0 unspecified atom stereocenters. The lowest BCUT2D eigenvalue weighted by atomic mass is 10.2. The summed E-state index contributed by atoms with van der Waals surface area (Å²) in [6.07, 6.45) is 3.69. The zero-order valence-electron chi connectivity index (χ0n) is 15.8. The Bertz CT molecular complexity index is 1250. The minimum Gasteiger partial charge on any atom is -0.486 e. The molecule has 4 aromatic rings. The normalized spacial score (nSPS) is 13.5. The highest BCUT2D eigenvalue weighted by atomic mass is 35.5. The number of rotatable bonds is 4. The SMILES string of the molecule is ClC(=Cc1ccccc1)c1nc2ccc(Cl)cn2c1Nc1ccc2c(c1)OCCO2. The van der Waals surface area contributed by atoms with Crippen LogP contribution in [-0.2, 0) is 0 Å². The second-order valence-electron chi connectivity index (χ2n) is 6.77. The molecule has 0 spiro atoms. The van der Waals surface area contributed by atoms with E-state index in [1.165, 1.54) is 0 Å². The molecule has 1 aliphatic heterocycles. The maximum absolute atomic E-state index is 6.71. The Morgan fingerprint density at radius 3 is 2.63 bits per heavy atom. The van der Waals surface area contributed by atoms with Gasteiger partial charge in [0, 0.05) is 18.0 Å². The first kappa shape index (κ1) is 18.9. The fourth-order valence-corrected chi connectivity index (χ4v) is 3.74. The van der Waals surface area contributed by atoms with Crippen LogP contribution in [0, 0.1) is 0 Å². The van der Waals surface area contributed by atoms with Crippen LogP contribution < -0.4 is 14.8 Å². The Morgan fingerprint density at radius 1 is 1.00 bits per heavy atom. The van der Waals surface area contributed by atoms with Gasteiger partial charge in [-0.3, -0.25) is 4.40 Å². The summed E-state index contributed by atoms with van der Waals surface area (Å²) >= 11 is 13.0. The number of halogens is 2. The number of ether oxygens (including phenoxy) is 2. The minimum absolute atomic E-state index is 0.515. The van der Waals surface area contributed by atoms with Gasteiger partial charge in [0.15, 0.2) is 11.5 Å². The summed E-state index contributed by atoms with van der Waals surface area (Å²) in [5.41, 5.74) is 3.17. The number of pyridine rings is 1. The van der Waals surface area contributed by atoms with Crippen LogP contribution >= 0.6 is 23.2 Å². The second-order valence-corrected chi connectivity index (χ2v) is 7.61. The summed E-state index contributed by atoms with van der Waals surface area (Å²) in [6, 6.07) is 19.2. The van der Waals surface area contributed by atoms with Gasteiger partial charge < -0.3 is 14.8 Å². The van der Waals surface area contributed by atoms with Crippen molar-refractivity contribution in [3.63, 3.8) is 0 Å². The summed E-state index contributed by atoms with van der Waals surface area (Å²) in [5.74, 6) is 2.14. The van der Waals surface area contributed by atoms with Crippen LogP contribution in [0.25, 0.3) is 16.8 Å². The largest absolute Gasteiger partial charge is 0.486 e. The molecule has 7 heteroatoms. The first-order chi connectivity index (χ1) is 14.7. The zero-order chi connectivity index (χ0) is 20.5. The monoisotopic (exact) mass is 437 g/mol. The molecule has 0 bridgehead atoms. The van der Waals surface area contributed by atoms with Gasteiger partial charge in [-0.2, -0.15) is 0 Å². The third kappa shape index (κ3) is 3.70. The zero-order valence-corrected chi connectivity index (χ0v) is 17.3. The predicted molar refractivity (Wildman–Crippen MR) is 121 cm³/mol. The van der Waals surface area contributed by atoms with Crippen molar-refractivity contribution in [1.82, 2.24) is 9.38 Å². The van der Waals surface area contributed by atoms with E-state index >= 15 is 0 Å². The van der Waals surface area contributed by atoms with Crippen molar-refractivity contribution >= 4 is 51.5 Å². The van der Waals surface area contributed by atoms with E-state index < -0.39 is 0 Å². The van der Waals surface area contributed by atoms with Crippen LogP contribution in [0.3, 0.4) is 0 Å². The number of nitrogens with zero attached hydrogens (tertiary/aromatic N) is 2. The number of imidazole rings is 1. The highest BCUT2D eigenvalue weighted by molar-refractivity contribution is 6.51. The molecule has 5 rings (SSSR count). The number of fused-ring (bicyclic) bond motifs is 2. The predicted octanol–water partition coefficient (Wildman–Crippen LogP) is 6.24. The Labute approximate surface area is 183 Å². The molecule has 0 aliphatic carbocycles. The van der Waals surface area contributed by atoms with E-state index in [9.17, 15) is 0 Å². The Kier molecular flexibility index (Phi) is 4.99. The van der Waals surface area contributed by atoms with Gasteiger partial charge in [0.2, 0.25) is 0 Å². The third-order valence-electron chi connectivity index (χ3n) is 4.71. The molecule has 0 saturated heterocycles. The Hall–Kier alpha value is -3.15. The molecule has 0 saturated carbocycles. The first-order valence-electron chi connectivity index (χ1n) is 9.44. The number of benzene rings is 2. The average Bonchev–Trinajstić information content (AvgIpc) is 3.12. The van der Waals surface area contributed by atoms with Crippen LogP contribution in [0.2, 0.25) is 5.02 Å². The minimum atomic E-state index is 0.515. The lowest BCUT2D eigenvalue weighted by Gasteiger charge is -2.19. The topological polar surface area (TPSA) is 47.8 Å². The van der Waals surface area contributed by atoms with Gasteiger partial charge in [-0.15, -0.1) is 0 Å². The quantitative estimate of drug-likeness (QED) is 0.410. The molecule has 1 aliphatic rings. The van der Waals surface area contributed by atoms with Gasteiger partial charge >= 0.3 is 0 Å². The lowest BCUT2D eigenvalue weighted by Crippen LogP contribution is -2.15. The molecule has 5 nitrogen and oxygen atoms in total. The molecule has 0 amide bonds. The molecule has 0 fully saturated rings. The average molecular weight is 438 g/mol. The molecule has 0 atom stereocenters. The van der Waals surface area contributed by atoms with E-state index in [1.807, 2.05) is 65.1 Å². The summed E-state index contributed by atoms with van der Waals surface area (Å²) < 4.78 is 13.2. The molecule has 0 radical (unpaired) electrons. The van der Waals surface area contributed by atoms with Crippen molar-refractivity contribution < 1.29 is 9.47 Å². The molecule has 2 aromatic heterocycles. The van der Waals surface area contributed by atoms with Crippen molar-refractivity contribution in [1.29, 1.82) is 0 Å². The molecular weight excluding hydrogens is 421 g/mol. The fraction of sp³-hybridized carbons (Fsp3) is 0.0870. The van der Waals surface area contributed by atoms with Gasteiger partial charge in [0.1, 0.15) is 30.4 Å². The summed E-state index contributed by atoms with van der Waals surface area (Å²) in [7, 11) is 0. The van der Waals surface area contributed by atoms with Crippen LogP contribution in [0.5, 0.6) is 11.5 Å². The second kappa shape index (κ2) is 7.94. The number of aromatic nitrogens is 2.